The molecule has 1 aliphatic rings. The molecule has 1 amide bonds. The Hall–Kier alpha value is -4.30. The van der Waals surface area contributed by atoms with Crippen molar-refractivity contribution in [3.8, 4) is 11.5 Å². The van der Waals surface area contributed by atoms with Crippen molar-refractivity contribution in [1.82, 2.24) is 4.57 Å². The van der Waals surface area contributed by atoms with Crippen LogP contribution in [0.25, 0.3) is 6.08 Å². The van der Waals surface area contributed by atoms with E-state index in [0.29, 0.717) is 41.2 Å². The van der Waals surface area contributed by atoms with E-state index >= 15 is 0 Å². The van der Waals surface area contributed by atoms with Gasteiger partial charge in [-0.05, 0) is 83.1 Å². The van der Waals surface area contributed by atoms with Gasteiger partial charge in [0.2, 0.25) is 0 Å². The number of ether oxygens (including phenoxy) is 2. The number of allylic oxidation sites excluding steroid dienone is 1. The number of hydrogen-bond donors (Lipinski definition) is 2. The summed E-state index contributed by atoms with van der Waals surface area (Å²) in [6.45, 7) is 1.17. The molecule has 1 aliphatic heterocycles. The number of aromatic nitrogens is 1. The third kappa shape index (κ3) is 5.99. The second-order valence-corrected chi connectivity index (χ2v) is 11.3. The molecule has 9 nitrogen and oxygen atoms in total. The number of anilines is 1. The number of nitrogens with one attached hydrogen (secondary N) is 1. The largest absolute Gasteiger partial charge is 0.493 e. The summed E-state index contributed by atoms with van der Waals surface area (Å²) >= 11 is 3.16. The first-order valence-corrected chi connectivity index (χ1v) is 14.4. The molecule has 0 saturated carbocycles. The molecule has 0 aliphatic carbocycles. The van der Waals surface area contributed by atoms with Crippen LogP contribution in [0.2, 0.25) is 0 Å². The van der Waals surface area contributed by atoms with E-state index in [4.69, 9.17) is 14.6 Å². The van der Waals surface area contributed by atoms with Gasteiger partial charge >= 0.3 is 5.97 Å². The average Bonchev–Trinajstić information content (AvgIpc) is 3.26. The molecule has 0 saturated heterocycles. The fourth-order valence-corrected chi connectivity index (χ4v) is 6.37. The van der Waals surface area contributed by atoms with Gasteiger partial charge in [-0.2, -0.15) is 0 Å². The minimum atomic E-state index is -1.12. The number of hydrogen-bond acceptors (Lipinski definition) is 7. The van der Waals surface area contributed by atoms with Gasteiger partial charge in [-0.15, -0.1) is 0 Å². The normalized spacial score (nSPS) is 14.7. The van der Waals surface area contributed by atoms with Crippen molar-refractivity contribution in [2.24, 2.45) is 4.99 Å². The van der Waals surface area contributed by atoms with Crippen LogP contribution in [-0.4, -0.2) is 35.3 Å². The Balaban J connectivity index is 1.63. The van der Waals surface area contributed by atoms with Crippen LogP contribution < -0.4 is 29.7 Å². The van der Waals surface area contributed by atoms with Gasteiger partial charge in [0.05, 0.1) is 32.5 Å². The number of rotatable bonds is 8. The van der Waals surface area contributed by atoms with Crippen LogP contribution in [-0.2, 0) is 9.59 Å². The maximum absolute atomic E-state index is 13.9. The molecule has 5 rings (SSSR count). The van der Waals surface area contributed by atoms with E-state index in [0.717, 1.165) is 11.3 Å². The summed E-state index contributed by atoms with van der Waals surface area (Å²) in [7, 11) is 1.43. The second kappa shape index (κ2) is 12.3. The zero-order chi connectivity index (χ0) is 30.0. The molecule has 4 aromatic rings. The predicted octanol–water partition coefficient (Wildman–Crippen LogP) is 4.09. The third-order valence-corrected chi connectivity index (χ3v) is 8.16. The van der Waals surface area contributed by atoms with Crippen LogP contribution >= 0.6 is 33.9 Å². The summed E-state index contributed by atoms with van der Waals surface area (Å²) in [5.74, 6) is -1.41. The van der Waals surface area contributed by atoms with Gasteiger partial charge in [-0.3, -0.25) is 14.2 Å². The molecule has 0 spiro atoms. The van der Waals surface area contributed by atoms with Gasteiger partial charge < -0.3 is 19.9 Å². The SMILES string of the molecule is COc1cc(/C=c2\sc3n(c2=O)[C@H](c2ccc(F)cc2)C(C(=O)Nc2ccccc2)=C(C)N=3)cc(I)c1OCC(=O)O. The van der Waals surface area contributed by atoms with Gasteiger partial charge in [0.15, 0.2) is 22.9 Å². The summed E-state index contributed by atoms with van der Waals surface area (Å²) in [6.07, 6.45) is 1.67. The first-order chi connectivity index (χ1) is 20.2. The van der Waals surface area contributed by atoms with Gasteiger partial charge in [0.25, 0.3) is 11.5 Å². The number of nitrogens with zero attached hydrogens (tertiary/aromatic N) is 2. The van der Waals surface area contributed by atoms with Crippen LogP contribution in [0.1, 0.15) is 24.1 Å². The molecule has 0 fully saturated rings. The maximum atomic E-state index is 13.9. The fourth-order valence-electron chi connectivity index (χ4n) is 4.54. The summed E-state index contributed by atoms with van der Waals surface area (Å²) in [4.78, 5) is 43.5. The van der Waals surface area contributed by atoms with Gasteiger partial charge in [0, 0.05) is 5.69 Å². The van der Waals surface area contributed by atoms with Crippen LogP contribution in [0.5, 0.6) is 11.5 Å². The van der Waals surface area contributed by atoms with E-state index in [1.165, 1.54) is 23.8 Å². The highest BCUT2D eigenvalue weighted by molar-refractivity contribution is 14.1. The first kappa shape index (κ1) is 29.2. The van der Waals surface area contributed by atoms with Gasteiger partial charge in [0.1, 0.15) is 5.82 Å². The molecule has 42 heavy (non-hydrogen) atoms. The van der Waals surface area contributed by atoms with E-state index < -0.39 is 30.3 Å². The summed E-state index contributed by atoms with van der Waals surface area (Å²) in [5.41, 5.74) is 2.05. The summed E-state index contributed by atoms with van der Waals surface area (Å²) in [5, 5.41) is 11.9. The lowest BCUT2D eigenvalue weighted by molar-refractivity contribution is -0.139. The highest BCUT2D eigenvalue weighted by Gasteiger charge is 2.32. The number of carbonyl (C=O) groups excluding carboxylic acids is 1. The van der Waals surface area contributed by atoms with Crippen molar-refractivity contribution in [2.75, 3.05) is 19.0 Å². The number of fused-ring (bicyclic) bond motifs is 1. The van der Waals surface area contributed by atoms with Crippen molar-refractivity contribution in [3.63, 3.8) is 0 Å². The van der Waals surface area contributed by atoms with E-state index in [2.05, 4.69) is 10.3 Å². The molecular weight excluding hydrogens is 676 g/mol. The smallest absolute Gasteiger partial charge is 0.341 e. The number of halogens is 2. The molecule has 2 heterocycles. The number of carboxylic acid groups (broad SMARTS) is 1. The summed E-state index contributed by atoms with van der Waals surface area (Å²) in [6, 6.07) is 17.1. The first-order valence-electron chi connectivity index (χ1n) is 12.5. The number of methoxy groups -OCH3 is 1. The van der Waals surface area contributed by atoms with E-state index in [9.17, 15) is 18.8 Å². The summed E-state index contributed by atoms with van der Waals surface area (Å²) < 4.78 is 27.1. The number of carboxylic acids is 1. The molecule has 3 aromatic carbocycles. The van der Waals surface area contributed by atoms with Crippen LogP contribution in [0, 0.1) is 9.39 Å². The molecule has 12 heteroatoms. The zero-order valence-electron chi connectivity index (χ0n) is 22.3. The number of aliphatic carboxylic acids is 1. The van der Waals surface area contributed by atoms with Crippen molar-refractivity contribution >= 4 is 57.6 Å². The Labute approximate surface area is 256 Å². The van der Waals surface area contributed by atoms with Gasteiger partial charge in [-0.1, -0.05) is 41.7 Å². The lowest BCUT2D eigenvalue weighted by Gasteiger charge is -2.25. The molecule has 1 aromatic heterocycles. The Morgan fingerprint density at radius 1 is 1.17 bits per heavy atom. The Morgan fingerprint density at radius 3 is 2.55 bits per heavy atom. The number of carbonyl (C=O) groups is 2. The maximum Gasteiger partial charge on any atom is 0.341 e. The van der Waals surface area contributed by atoms with Crippen molar-refractivity contribution in [2.45, 2.75) is 13.0 Å². The van der Waals surface area contributed by atoms with Crippen molar-refractivity contribution < 1.29 is 28.6 Å². The third-order valence-electron chi connectivity index (χ3n) is 6.37. The quantitative estimate of drug-likeness (QED) is 0.268. The number of thiazole rings is 1. The standard InChI is InChI=1S/C30H23FIN3O6S/c1-16-25(28(38)34-20-6-4-3-5-7-20)26(18-8-10-19(31)11-9-18)35-29(39)23(42-30(35)33-16)14-17-12-21(32)27(22(13-17)40-2)41-15-24(36)37/h3-14,26H,15H2,1-2H3,(H,34,38)(H,36,37)/b23-14-/t26-/m1/s1. The number of benzene rings is 3. The van der Waals surface area contributed by atoms with Crippen LogP contribution in [0.3, 0.4) is 0 Å². The monoisotopic (exact) mass is 699 g/mol. The molecular formula is C30H23FIN3O6S. The topological polar surface area (TPSA) is 119 Å². The lowest BCUT2D eigenvalue weighted by atomic mass is 9.95. The van der Waals surface area contributed by atoms with E-state index in [1.807, 2.05) is 28.7 Å². The Bertz CT molecular complexity index is 1900. The number of para-hydroxylation sites is 1. The van der Waals surface area contributed by atoms with Crippen molar-refractivity contribution in [1.29, 1.82) is 0 Å². The van der Waals surface area contributed by atoms with E-state index in [1.54, 1.807) is 61.5 Å². The second-order valence-electron chi connectivity index (χ2n) is 9.17. The minimum absolute atomic E-state index is 0.264. The van der Waals surface area contributed by atoms with Crippen LogP contribution in [0.15, 0.2) is 87.8 Å². The van der Waals surface area contributed by atoms with Crippen molar-refractivity contribution in [3.05, 3.63) is 118 Å². The van der Waals surface area contributed by atoms with Crippen LogP contribution in [0.4, 0.5) is 10.1 Å². The minimum Gasteiger partial charge on any atom is -0.493 e. The highest BCUT2D eigenvalue weighted by Crippen LogP contribution is 2.34. The molecule has 214 valence electrons. The molecule has 2 N–H and O–H groups in total. The Kier molecular flexibility index (Phi) is 8.54. The lowest BCUT2D eigenvalue weighted by Crippen LogP contribution is -2.40. The molecule has 1 atom stereocenters. The van der Waals surface area contributed by atoms with E-state index in [-0.39, 0.29) is 16.9 Å². The predicted molar refractivity (Wildman–Crippen MR) is 164 cm³/mol. The molecule has 0 unspecified atom stereocenters. The molecule has 0 bridgehead atoms. The average molecular weight is 699 g/mol. The fraction of sp³-hybridized carbons (Fsp3) is 0.133. The number of amides is 1. The molecule has 0 radical (unpaired) electrons. The highest BCUT2D eigenvalue weighted by atomic mass is 127. The van der Waals surface area contributed by atoms with Gasteiger partial charge in [-0.25, -0.2) is 14.2 Å². The Morgan fingerprint density at radius 2 is 1.88 bits per heavy atom. The zero-order valence-corrected chi connectivity index (χ0v) is 25.2.